The van der Waals surface area contributed by atoms with Gasteiger partial charge in [-0.05, 0) is 38.1 Å². The highest BCUT2D eigenvalue weighted by atomic mass is 19.4. The number of ether oxygens (including phenoxy) is 1. The van der Waals surface area contributed by atoms with Crippen LogP contribution in [0, 0.1) is 0 Å². The summed E-state index contributed by atoms with van der Waals surface area (Å²) in [6.07, 6.45) is -3.23. The van der Waals surface area contributed by atoms with E-state index in [0.29, 0.717) is 0 Å². The van der Waals surface area contributed by atoms with Gasteiger partial charge < -0.3 is 20.7 Å². The Labute approximate surface area is 164 Å². The van der Waals surface area contributed by atoms with E-state index in [2.05, 4.69) is 5.32 Å². The van der Waals surface area contributed by atoms with Crippen molar-refractivity contribution in [3.05, 3.63) is 23.8 Å². The lowest BCUT2D eigenvalue weighted by molar-refractivity contribution is -0.137. The number of amides is 3. The molecule has 8 nitrogen and oxygen atoms in total. The summed E-state index contributed by atoms with van der Waals surface area (Å²) < 4.78 is 45.8. The van der Waals surface area contributed by atoms with Crippen molar-refractivity contribution >= 4 is 29.1 Å². The lowest BCUT2D eigenvalue weighted by Gasteiger charge is -2.28. The molecule has 1 aliphatic heterocycles. The largest absolute Gasteiger partial charge is 0.418 e. The van der Waals surface area contributed by atoms with Crippen molar-refractivity contribution in [3.63, 3.8) is 0 Å². The zero-order valence-corrected chi connectivity index (χ0v) is 15.7. The van der Waals surface area contributed by atoms with Crippen molar-refractivity contribution < 1.29 is 32.3 Å². The maximum atomic E-state index is 13.6. The third-order valence-corrected chi connectivity index (χ3v) is 4.91. The van der Waals surface area contributed by atoms with Crippen LogP contribution in [0.15, 0.2) is 18.2 Å². The number of anilines is 2. The summed E-state index contributed by atoms with van der Waals surface area (Å²) in [6.45, 7) is 0.116. The minimum Gasteiger partial charge on any atom is -0.370 e. The SMILES string of the molecule is CN(C1CC1)[C@H](C(N)=O)C(=O)Nc1ccc(N2CCOCC2=O)cc1C(F)(F)F. The molecule has 0 bridgehead atoms. The summed E-state index contributed by atoms with van der Waals surface area (Å²) in [5, 5.41) is 2.17. The summed E-state index contributed by atoms with van der Waals surface area (Å²) in [6, 6.07) is 1.77. The molecule has 3 N–H and O–H groups in total. The van der Waals surface area contributed by atoms with E-state index >= 15 is 0 Å². The van der Waals surface area contributed by atoms with Crippen molar-refractivity contribution in [1.29, 1.82) is 0 Å². The molecule has 1 aromatic carbocycles. The molecule has 158 valence electrons. The number of likely N-dealkylation sites (N-methyl/N-ethyl adjacent to an activating group) is 1. The minimum atomic E-state index is -4.79. The van der Waals surface area contributed by atoms with Crippen molar-refractivity contribution in [3.8, 4) is 0 Å². The summed E-state index contributed by atoms with van der Waals surface area (Å²) in [4.78, 5) is 38.8. The van der Waals surface area contributed by atoms with Gasteiger partial charge in [-0.25, -0.2) is 0 Å². The Kier molecular flexibility index (Phi) is 5.80. The summed E-state index contributed by atoms with van der Waals surface area (Å²) in [5.74, 6) is -2.34. The highest BCUT2D eigenvalue weighted by molar-refractivity contribution is 6.10. The van der Waals surface area contributed by atoms with Crippen LogP contribution in [0.3, 0.4) is 0 Å². The first-order valence-electron chi connectivity index (χ1n) is 9.01. The third kappa shape index (κ3) is 4.67. The Hall–Kier alpha value is -2.66. The second-order valence-corrected chi connectivity index (χ2v) is 7.02. The molecule has 3 rings (SSSR count). The number of morpholine rings is 1. The zero-order valence-electron chi connectivity index (χ0n) is 15.7. The van der Waals surface area contributed by atoms with E-state index in [-0.39, 0.29) is 31.5 Å². The van der Waals surface area contributed by atoms with E-state index in [1.54, 1.807) is 0 Å². The standard InChI is InChI=1S/C18H21F3N4O4/c1-24(10-2-3-10)15(16(22)27)17(28)23-13-5-4-11(8-12(13)18(19,20)21)25-6-7-29-9-14(25)26/h4-5,8,10,15H,2-3,6-7,9H2,1H3,(H2,22,27)(H,23,28)/t15-/m1/s1. The second-order valence-electron chi connectivity index (χ2n) is 7.02. The molecule has 2 aliphatic rings. The molecule has 1 saturated heterocycles. The van der Waals surface area contributed by atoms with Crippen LogP contribution in [-0.2, 0) is 25.3 Å². The molecule has 29 heavy (non-hydrogen) atoms. The number of carbonyl (C=O) groups is 3. The summed E-state index contributed by atoms with van der Waals surface area (Å²) >= 11 is 0. The van der Waals surface area contributed by atoms with Crippen LogP contribution in [0.2, 0.25) is 0 Å². The zero-order chi connectivity index (χ0) is 21.3. The van der Waals surface area contributed by atoms with Gasteiger partial charge in [0.1, 0.15) is 6.61 Å². The van der Waals surface area contributed by atoms with Crippen LogP contribution < -0.4 is 16.0 Å². The summed E-state index contributed by atoms with van der Waals surface area (Å²) in [5.41, 5.74) is 3.71. The number of hydrogen-bond acceptors (Lipinski definition) is 5. The third-order valence-electron chi connectivity index (χ3n) is 4.91. The average molecular weight is 414 g/mol. The normalized spacial score (nSPS) is 18.7. The van der Waals surface area contributed by atoms with Gasteiger partial charge in [0.05, 0.1) is 17.9 Å². The molecule has 1 aliphatic carbocycles. The van der Waals surface area contributed by atoms with Crippen LogP contribution >= 0.6 is 0 Å². The van der Waals surface area contributed by atoms with Crippen LogP contribution in [0.5, 0.6) is 0 Å². The van der Waals surface area contributed by atoms with Crippen molar-refractivity contribution in [2.45, 2.75) is 31.1 Å². The topological polar surface area (TPSA) is 105 Å². The Morgan fingerprint density at radius 3 is 2.59 bits per heavy atom. The Morgan fingerprint density at radius 1 is 1.34 bits per heavy atom. The van der Waals surface area contributed by atoms with E-state index in [1.807, 2.05) is 0 Å². The quantitative estimate of drug-likeness (QED) is 0.675. The fourth-order valence-electron chi connectivity index (χ4n) is 3.24. The number of carbonyl (C=O) groups excluding carboxylic acids is 3. The van der Waals surface area contributed by atoms with Crippen LogP contribution in [0.25, 0.3) is 0 Å². The van der Waals surface area contributed by atoms with Gasteiger partial charge in [-0.3, -0.25) is 19.3 Å². The number of rotatable bonds is 6. The van der Waals surface area contributed by atoms with Crippen LogP contribution in [0.1, 0.15) is 18.4 Å². The average Bonchev–Trinajstić information content (AvgIpc) is 3.46. The maximum Gasteiger partial charge on any atom is 0.418 e. The molecule has 1 heterocycles. The van der Waals surface area contributed by atoms with Crippen molar-refractivity contribution in [2.75, 3.05) is 37.0 Å². The smallest absolute Gasteiger partial charge is 0.370 e. The van der Waals surface area contributed by atoms with Crippen LogP contribution in [-0.4, -0.2) is 61.5 Å². The Morgan fingerprint density at radius 2 is 2.03 bits per heavy atom. The molecule has 0 aromatic heterocycles. The van der Waals surface area contributed by atoms with Gasteiger partial charge in [-0.2, -0.15) is 13.2 Å². The molecule has 0 spiro atoms. The molecule has 1 saturated carbocycles. The molecule has 2 fully saturated rings. The molecular formula is C18H21F3N4O4. The van der Waals surface area contributed by atoms with Gasteiger partial charge in [0.25, 0.3) is 11.8 Å². The summed E-state index contributed by atoms with van der Waals surface area (Å²) in [7, 11) is 1.53. The number of primary amides is 1. The number of nitrogens with two attached hydrogens (primary N) is 1. The van der Waals surface area contributed by atoms with Gasteiger partial charge in [-0.15, -0.1) is 0 Å². The monoisotopic (exact) mass is 414 g/mol. The molecule has 3 amide bonds. The Balaban J connectivity index is 1.88. The number of nitrogens with one attached hydrogen (secondary N) is 1. The van der Waals surface area contributed by atoms with Gasteiger partial charge in [0.15, 0.2) is 6.04 Å². The van der Waals surface area contributed by atoms with Gasteiger partial charge >= 0.3 is 6.18 Å². The number of benzene rings is 1. The lowest BCUT2D eigenvalue weighted by Crippen LogP contribution is -2.51. The highest BCUT2D eigenvalue weighted by Crippen LogP contribution is 2.38. The lowest BCUT2D eigenvalue weighted by atomic mass is 10.1. The van der Waals surface area contributed by atoms with Crippen molar-refractivity contribution in [2.24, 2.45) is 5.73 Å². The van der Waals surface area contributed by atoms with Crippen LogP contribution in [0.4, 0.5) is 24.5 Å². The predicted molar refractivity (Wildman–Crippen MR) is 97.0 cm³/mol. The number of alkyl halides is 3. The molecule has 1 atom stereocenters. The highest BCUT2D eigenvalue weighted by Gasteiger charge is 2.40. The van der Waals surface area contributed by atoms with E-state index < -0.39 is 41.2 Å². The predicted octanol–water partition coefficient (Wildman–Crippen LogP) is 0.955. The van der Waals surface area contributed by atoms with Gasteiger partial charge in [0, 0.05) is 18.3 Å². The van der Waals surface area contributed by atoms with Gasteiger partial charge in [-0.1, -0.05) is 0 Å². The number of nitrogens with zero attached hydrogens (tertiary/aromatic N) is 2. The maximum absolute atomic E-state index is 13.6. The molecular weight excluding hydrogens is 393 g/mol. The van der Waals surface area contributed by atoms with Gasteiger partial charge in [0.2, 0.25) is 5.91 Å². The molecule has 11 heteroatoms. The fraction of sp³-hybridized carbons (Fsp3) is 0.500. The number of halogens is 3. The molecule has 0 unspecified atom stereocenters. The minimum absolute atomic E-state index is 0.00459. The first-order chi connectivity index (χ1) is 13.6. The van der Waals surface area contributed by atoms with E-state index in [0.717, 1.165) is 25.0 Å². The first-order valence-corrected chi connectivity index (χ1v) is 9.01. The second kappa shape index (κ2) is 7.99. The first kappa shape index (κ1) is 21.1. The molecule has 1 aromatic rings. The van der Waals surface area contributed by atoms with E-state index in [1.165, 1.54) is 22.9 Å². The van der Waals surface area contributed by atoms with E-state index in [9.17, 15) is 27.6 Å². The number of hydrogen-bond donors (Lipinski definition) is 2. The van der Waals surface area contributed by atoms with E-state index in [4.69, 9.17) is 10.5 Å². The molecule has 0 radical (unpaired) electrons. The Bertz CT molecular complexity index is 826. The van der Waals surface area contributed by atoms with Crippen molar-refractivity contribution in [1.82, 2.24) is 4.90 Å². The fourth-order valence-corrected chi connectivity index (χ4v) is 3.24.